The molecule has 0 radical (unpaired) electrons. The molecule has 1 fully saturated rings. The number of hydrogen-bond acceptors (Lipinski definition) is 8. The number of nitrogens with zero attached hydrogens (tertiary/aromatic N) is 2. The van der Waals surface area contributed by atoms with Gasteiger partial charge >= 0.3 is 5.97 Å². The molecule has 1 saturated heterocycles. The lowest BCUT2D eigenvalue weighted by Gasteiger charge is -2.34. The number of piperazine rings is 1. The van der Waals surface area contributed by atoms with E-state index in [-0.39, 0.29) is 18.3 Å². The summed E-state index contributed by atoms with van der Waals surface area (Å²) in [5, 5.41) is 3.25. The van der Waals surface area contributed by atoms with Gasteiger partial charge in [-0.2, -0.15) is 0 Å². The third-order valence-corrected chi connectivity index (χ3v) is 7.29. The molecule has 3 N–H and O–H groups in total. The summed E-state index contributed by atoms with van der Waals surface area (Å²) in [7, 11) is 0. The van der Waals surface area contributed by atoms with E-state index in [9.17, 15) is 14.4 Å². The number of anilines is 1. The van der Waals surface area contributed by atoms with Gasteiger partial charge in [0.05, 0.1) is 6.61 Å². The first-order valence-corrected chi connectivity index (χ1v) is 13.4. The van der Waals surface area contributed by atoms with E-state index in [0.717, 1.165) is 37.4 Å². The van der Waals surface area contributed by atoms with E-state index in [1.807, 2.05) is 17.0 Å². The van der Waals surface area contributed by atoms with Gasteiger partial charge in [-0.1, -0.05) is 23.7 Å². The normalized spacial score (nSPS) is 15.7. The minimum absolute atomic E-state index is 0.000578. The predicted octanol–water partition coefficient (Wildman–Crippen LogP) is 2.90. The van der Waals surface area contributed by atoms with Crippen LogP contribution in [-0.2, 0) is 20.7 Å². The number of nitrogens with one attached hydrogen (secondary N) is 1. The van der Waals surface area contributed by atoms with Crippen LogP contribution in [0.1, 0.15) is 22.8 Å². The molecule has 3 rings (SSSR count). The third-order valence-electron chi connectivity index (χ3n) is 5.90. The minimum atomic E-state index is -0.794. The number of aldehydes is 1. The van der Waals surface area contributed by atoms with E-state index in [1.54, 1.807) is 31.2 Å². The van der Waals surface area contributed by atoms with Gasteiger partial charge in [0.25, 0.3) is 5.91 Å². The maximum absolute atomic E-state index is 13.0. The lowest BCUT2D eigenvalue weighted by Crippen LogP contribution is -2.49. The van der Waals surface area contributed by atoms with Gasteiger partial charge in [0.1, 0.15) is 11.4 Å². The van der Waals surface area contributed by atoms with Crippen molar-refractivity contribution < 1.29 is 19.1 Å². The van der Waals surface area contributed by atoms with E-state index in [0.29, 0.717) is 24.3 Å². The molecule has 1 heterocycles. The molecular formula is C26H33ClN4O4S. The zero-order valence-electron chi connectivity index (χ0n) is 20.4. The Labute approximate surface area is 221 Å². The van der Waals surface area contributed by atoms with Crippen LogP contribution in [0.15, 0.2) is 48.5 Å². The number of carbonyl (C=O) groups is 3. The highest BCUT2D eigenvalue weighted by atomic mass is 35.5. The summed E-state index contributed by atoms with van der Waals surface area (Å²) in [5.41, 5.74) is 8.35. The molecule has 1 amide bonds. The average molecular weight is 533 g/mol. The maximum atomic E-state index is 13.0. The Morgan fingerprint density at radius 3 is 2.39 bits per heavy atom. The van der Waals surface area contributed by atoms with Crippen molar-refractivity contribution in [2.24, 2.45) is 5.73 Å². The second-order valence-electron chi connectivity index (χ2n) is 8.48. The fraction of sp³-hybridized carbons (Fsp3) is 0.423. The molecule has 0 aliphatic carbocycles. The van der Waals surface area contributed by atoms with Gasteiger partial charge in [0.2, 0.25) is 0 Å². The van der Waals surface area contributed by atoms with Gasteiger partial charge in [0, 0.05) is 54.8 Å². The van der Waals surface area contributed by atoms with Crippen molar-refractivity contribution in [3.8, 4) is 0 Å². The lowest BCUT2D eigenvalue weighted by molar-refractivity contribution is -0.144. The fourth-order valence-corrected chi connectivity index (χ4v) is 4.78. The van der Waals surface area contributed by atoms with Crippen LogP contribution < -0.4 is 11.1 Å². The number of nitrogens with two attached hydrogens (primary N) is 1. The van der Waals surface area contributed by atoms with Crippen LogP contribution in [0.25, 0.3) is 0 Å². The quantitative estimate of drug-likeness (QED) is 0.244. The zero-order valence-corrected chi connectivity index (χ0v) is 22.0. The van der Waals surface area contributed by atoms with Gasteiger partial charge in [-0.15, -0.1) is 11.8 Å². The predicted molar refractivity (Wildman–Crippen MR) is 144 cm³/mol. The first kappa shape index (κ1) is 28.0. The number of esters is 1. The van der Waals surface area contributed by atoms with Crippen LogP contribution >= 0.6 is 23.4 Å². The van der Waals surface area contributed by atoms with Gasteiger partial charge in [-0.3, -0.25) is 14.5 Å². The van der Waals surface area contributed by atoms with E-state index in [4.69, 9.17) is 22.1 Å². The average Bonchev–Trinajstić information content (AvgIpc) is 2.91. The Bertz CT molecular complexity index is 998. The molecule has 2 aromatic carbocycles. The summed E-state index contributed by atoms with van der Waals surface area (Å²) in [5.74, 6) is -0.238. The number of thioether (sulfide) groups is 1. The number of halogens is 1. The van der Waals surface area contributed by atoms with Crippen LogP contribution in [0.3, 0.4) is 0 Å². The number of ether oxygens (including phenoxy) is 1. The molecule has 2 atom stereocenters. The summed E-state index contributed by atoms with van der Waals surface area (Å²) in [6.45, 7) is 5.97. The Kier molecular flexibility index (Phi) is 11.1. The standard InChI is InChI=1S/C26H33ClN4O4S/c1-2-35-26(34)23(28)18-36-24(17-32)29-22-9-5-20(6-10-22)25(33)31-15-13-30(14-16-31)12-11-19-3-7-21(27)8-4-19/h3-10,17,23-24,29H,2,11-16,18,28H2,1H3. The van der Waals surface area contributed by atoms with Crippen LogP contribution in [0.5, 0.6) is 0 Å². The molecular weight excluding hydrogens is 500 g/mol. The largest absolute Gasteiger partial charge is 0.465 e. The second-order valence-corrected chi connectivity index (χ2v) is 10.1. The molecule has 36 heavy (non-hydrogen) atoms. The van der Waals surface area contributed by atoms with E-state index in [1.165, 1.54) is 17.3 Å². The van der Waals surface area contributed by atoms with Crippen molar-refractivity contribution in [2.75, 3.05) is 50.4 Å². The Balaban J connectivity index is 1.43. The molecule has 0 bridgehead atoms. The summed E-state index contributed by atoms with van der Waals surface area (Å²) >= 11 is 7.18. The van der Waals surface area contributed by atoms with Crippen molar-refractivity contribution in [3.63, 3.8) is 0 Å². The second kappa shape index (κ2) is 14.2. The highest BCUT2D eigenvalue weighted by Crippen LogP contribution is 2.18. The first-order valence-electron chi connectivity index (χ1n) is 12.0. The Morgan fingerprint density at radius 1 is 1.11 bits per heavy atom. The van der Waals surface area contributed by atoms with Crippen molar-refractivity contribution in [3.05, 3.63) is 64.7 Å². The molecule has 10 heteroatoms. The first-order chi connectivity index (χ1) is 17.4. The lowest BCUT2D eigenvalue weighted by atomic mass is 10.1. The molecule has 1 aliphatic heterocycles. The van der Waals surface area contributed by atoms with E-state index < -0.39 is 17.4 Å². The summed E-state index contributed by atoms with van der Waals surface area (Å²) in [6, 6.07) is 14.2. The van der Waals surface area contributed by atoms with Gasteiger partial charge in [-0.25, -0.2) is 0 Å². The molecule has 0 saturated carbocycles. The summed E-state index contributed by atoms with van der Waals surface area (Å²) in [4.78, 5) is 40.3. The van der Waals surface area contributed by atoms with Gasteiger partial charge in [-0.05, 0) is 55.3 Å². The summed E-state index contributed by atoms with van der Waals surface area (Å²) < 4.78 is 4.88. The van der Waals surface area contributed by atoms with Crippen LogP contribution in [-0.4, -0.2) is 84.5 Å². The van der Waals surface area contributed by atoms with Crippen molar-refractivity contribution in [2.45, 2.75) is 24.8 Å². The monoisotopic (exact) mass is 532 g/mol. The number of hydrogen-bond donors (Lipinski definition) is 2. The van der Waals surface area contributed by atoms with Crippen molar-refractivity contribution >= 4 is 47.2 Å². The smallest absolute Gasteiger partial charge is 0.323 e. The molecule has 1 aliphatic rings. The minimum Gasteiger partial charge on any atom is -0.465 e. The Hall–Kier alpha value is -2.59. The Morgan fingerprint density at radius 2 is 1.78 bits per heavy atom. The zero-order chi connectivity index (χ0) is 25.9. The molecule has 2 aromatic rings. The van der Waals surface area contributed by atoms with Crippen molar-refractivity contribution in [1.29, 1.82) is 0 Å². The van der Waals surface area contributed by atoms with E-state index in [2.05, 4.69) is 22.3 Å². The number of benzene rings is 2. The number of amides is 1. The van der Waals surface area contributed by atoms with Crippen molar-refractivity contribution in [1.82, 2.24) is 9.80 Å². The number of rotatable bonds is 12. The van der Waals surface area contributed by atoms with E-state index >= 15 is 0 Å². The molecule has 194 valence electrons. The molecule has 2 unspecified atom stereocenters. The van der Waals surface area contributed by atoms with Crippen LogP contribution in [0, 0.1) is 0 Å². The molecule has 0 aromatic heterocycles. The number of carbonyl (C=O) groups excluding carboxylic acids is 3. The molecule has 8 nitrogen and oxygen atoms in total. The van der Waals surface area contributed by atoms with Crippen LogP contribution in [0.4, 0.5) is 5.69 Å². The van der Waals surface area contributed by atoms with Gasteiger partial charge < -0.3 is 25.5 Å². The SMILES string of the molecule is CCOC(=O)C(N)CSC(C=O)Nc1ccc(C(=O)N2CCN(CCc3ccc(Cl)cc3)CC2)cc1. The van der Waals surface area contributed by atoms with Gasteiger partial charge in [0.15, 0.2) is 6.29 Å². The highest BCUT2D eigenvalue weighted by Gasteiger charge is 2.22. The third kappa shape index (κ3) is 8.51. The van der Waals surface area contributed by atoms with Crippen LogP contribution in [0.2, 0.25) is 5.02 Å². The summed E-state index contributed by atoms with van der Waals surface area (Å²) in [6.07, 6.45) is 1.71. The topological polar surface area (TPSA) is 105 Å². The fourth-order valence-electron chi connectivity index (χ4n) is 3.81. The maximum Gasteiger partial charge on any atom is 0.323 e. The highest BCUT2D eigenvalue weighted by molar-refractivity contribution is 8.00. The molecule has 0 spiro atoms.